The van der Waals surface area contributed by atoms with Crippen LogP contribution in [-0.2, 0) is 4.74 Å². The minimum atomic E-state index is -0.184. The lowest BCUT2D eigenvalue weighted by Crippen LogP contribution is -2.30. The number of hydrogen-bond donors (Lipinski definition) is 2. The summed E-state index contributed by atoms with van der Waals surface area (Å²) in [5, 5.41) is 2.84. The molecule has 0 bridgehead atoms. The first-order valence-electron chi connectivity index (χ1n) is 5.78. The zero-order chi connectivity index (χ0) is 13.0. The summed E-state index contributed by atoms with van der Waals surface area (Å²) in [6, 6.07) is 3.32. The Morgan fingerprint density at radius 2 is 2.44 bits per heavy atom. The Bertz CT molecular complexity index is 441. The van der Waals surface area contributed by atoms with E-state index in [1.807, 2.05) is 0 Å². The minimum Gasteiger partial charge on any atom is -0.389 e. The maximum absolute atomic E-state index is 11.8. The van der Waals surface area contributed by atoms with Crippen molar-refractivity contribution >= 4 is 23.1 Å². The Balaban J connectivity index is 1.89. The first-order valence-corrected chi connectivity index (χ1v) is 6.19. The van der Waals surface area contributed by atoms with Gasteiger partial charge in [0.2, 0.25) is 0 Å². The molecular formula is C12H15N3O2S. The van der Waals surface area contributed by atoms with E-state index < -0.39 is 0 Å². The highest BCUT2D eigenvalue weighted by atomic mass is 32.1. The van der Waals surface area contributed by atoms with Crippen molar-refractivity contribution in [1.29, 1.82) is 0 Å². The number of pyridine rings is 1. The Morgan fingerprint density at radius 3 is 3.00 bits per heavy atom. The fraction of sp³-hybridized carbons (Fsp3) is 0.417. The van der Waals surface area contributed by atoms with Gasteiger partial charge in [0.15, 0.2) is 0 Å². The van der Waals surface area contributed by atoms with Crippen LogP contribution in [-0.4, -0.2) is 35.6 Å². The van der Waals surface area contributed by atoms with Crippen molar-refractivity contribution in [3.8, 4) is 0 Å². The molecule has 2 rings (SSSR count). The van der Waals surface area contributed by atoms with Gasteiger partial charge in [-0.1, -0.05) is 12.2 Å². The number of thiocarbonyl (C=S) groups is 1. The molecule has 1 amide bonds. The predicted molar refractivity (Wildman–Crippen MR) is 71.4 cm³/mol. The molecule has 1 fully saturated rings. The number of nitrogens with two attached hydrogens (primary N) is 1. The third kappa shape index (κ3) is 3.24. The van der Waals surface area contributed by atoms with Gasteiger partial charge in [0.1, 0.15) is 10.7 Å². The molecule has 18 heavy (non-hydrogen) atoms. The second-order valence-electron chi connectivity index (χ2n) is 4.24. The van der Waals surface area contributed by atoms with Gasteiger partial charge in [-0.15, -0.1) is 0 Å². The van der Waals surface area contributed by atoms with E-state index in [-0.39, 0.29) is 10.9 Å². The van der Waals surface area contributed by atoms with Crippen LogP contribution >= 0.6 is 12.2 Å². The maximum Gasteiger partial charge on any atom is 0.269 e. The van der Waals surface area contributed by atoms with Crippen LogP contribution in [0.25, 0.3) is 0 Å². The predicted octanol–water partition coefficient (Wildman–Crippen LogP) is 0.482. The summed E-state index contributed by atoms with van der Waals surface area (Å²) in [6.07, 6.45) is 2.50. The van der Waals surface area contributed by atoms with E-state index in [2.05, 4.69) is 10.3 Å². The first-order chi connectivity index (χ1) is 8.66. The molecule has 6 heteroatoms. The van der Waals surface area contributed by atoms with Crippen molar-refractivity contribution in [3.63, 3.8) is 0 Å². The number of rotatable bonds is 4. The highest BCUT2D eigenvalue weighted by molar-refractivity contribution is 7.80. The molecule has 96 valence electrons. The number of hydrogen-bond acceptors (Lipinski definition) is 4. The van der Waals surface area contributed by atoms with Crippen LogP contribution in [0, 0.1) is 5.92 Å². The molecule has 1 unspecified atom stereocenters. The van der Waals surface area contributed by atoms with Crippen LogP contribution in [0.15, 0.2) is 18.3 Å². The van der Waals surface area contributed by atoms with Gasteiger partial charge in [-0.25, -0.2) is 0 Å². The lowest BCUT2D eigenvalue weighted by molar-refractivity contribution is 0.0940. The second-order valence-corrected chi connectivity index (χ2v) is 4.68. The van der Waals surface area contributed by atoms with Crippen LogP contribution in [0.4, 0.5) is 0 Å². The SMILES string of the molecule is NC(=S)c1ccc(C(=O)NCC2CCOC2)nc1. The smallest absolute Gasteiger partial charge is 0.269 e. The summed E-state index contributed by atoms with van der Waals surface area (Å²) in [7, 11) is 0. The Hall–Kier alpha value is -1.53. The molecule has 1 atom stereocenters. The fourth-order valence-electron chi connectivity index (χ4n) is 1.75. The van der Waals surface area contributed by atoms with Crippen molar-refractivity contribution < 1.29 is 9.53 Å². The molecule has 1 aromatic heterocycles. The average molecular weight is 265 g/mol. The van der Waals surface area contributed by atoms with Crippen molar-refractivity contribution in [3.05, 3.63) is 29.6 Å². The van der Waals surface area contributed by atoms with E-state index in [4.69, 9.17) is 22.7 Å². The largest absolute Gasteiger partial charge is 0.389 e. The molecule has 0 aromatic carbocycles. The van der Waals surface area contributed by atoms with Crippen molar-refractivity contribution in [2.24, 2.45) is 11.7 Å². The van der Waals surface area contributed by atoms with E-state index in [0.717, 1.165) is 13.0 Å². The zero-order valence-electron chi connectivity index (χ0n) is 9.89. The lowest BCUT2D eigenvalue weighted by Gasteiger charge is -2.09. The number of carbonyl (C=O) groups is 1. The summed E-state index contributed by atoms with van der Waals surface area (Å²) in [6.45, 7) is 2.12. The van der Waals surface area contributed by atoms with E-state index >= 15 is 0 Å². The van der Waals surface area contributed by atoms with Gasteiger partial charge < -0.3 is 15.8 Å². The van der Waals surface area contributed by atoms with E-state index in [9.17, 15) is 4.79 Å². The molecular weight excluding hydrogens is 250 g/mol. The highest BCUT2D eigenvalue weighted by Crippen LogP contribution is 2.10. The molecule has 1 aliphatic heterocycles. The van der Waals surface area contributed by atoms with Crippen molar-refractivity contribution in [2.75, 3.05) is 19.8 Å². The molecule has 0 aliphatic carbocycles. The highest BCUT2D eigenvalue weighted by Gasteiger charge is 2.17. The van der Waals surface area contributed by atoms with E-state index in [0.29, 0.717) is 30.3 Å². The number of aromatic nitrogens is 1. The van der Waals surface area contributed by atoms with Gasteiger partial charge in [-0.05, 0) is 18.6 Å². The summed E-state index contributed by atoms with van der Waals surface area (Å²) in [5.41, 5.74) is 6.49. The maximum atomic E-state index is 11.8. The van der Waals surface area contributed by atoms with Gasteiger partial charge in [-0.2, -0.15) is 0 Å². The Labute approximate surface area is 111 Å². The molecule has 1 saturated heterocycles. The lowest BCUT2D eigenvalue weighted by atomic mass is 10.1. The van der Waals surface area contributed by atoms with Crippen LogP contribution in [0.1, 0.15) is 22.5 Å². The number of amides is 1. The first kappa shape index (κ1) is 12.9. The van der Waals surface area contributed by atoms with Crippen LogP contribution < -0.4 is 11.1 Å². The van der Waals surface area contributed by atoms with Crippen LogP contribution in [0.2, 0.25) is 0 Å². The van der Waals surface area contributed by atoms with Gasteiger partial charge in [0.05, 0.1) is 6.61 Å². The summed E-state index contributed by atoms with van der Waals surface area (Å²) in [5.74, 6) is 0.223. The molecule has 0 spiro atoms. The molecule has 1 aromatic rings. The van der Waals surface area contributed by atoms with Crippen molar-refractivity contribution in [2.45, 2.75) is 6.42 Å². The summed E-state index contributed by atoms with van der Waals surface area (Å²) < 4.78 is 5.24. The fourth-order valence-corrected chi connectivity index (χ4v) is 1.87. The zero-order valence-corrected chi connectivity index (χ0v) is 10.7. The minimum absolute atomic E-state index is 0.184. The average Bonchev–Trinajstić information content (AvgIpc) is 2.89. The number of nitrogens with one attached hydrogen (secondary N) is 1. The number of carbonyl (C=O) groups excluding carboxylic acids is 1. The topological polar surface area (TPSA) is 77.2 Å². The van der Waals surface area contributed by atoms with Crippen molar-refractivity contribution in [1.82, 2.24) is 10.3 Å². The molecule has 0 radical (unpaired) electrons. The quantitative estimate of drug-likeness (QED) is 0.774. The number of ether oxygens (including phenoxy) is 1. The molecule has 0 saturated carbocycles. The monoisotopic (exact) mass is 265 g/mol. The van der Waals surface area contributed by atoms with Gasteiger partial charge in [0, 0.05) is 30.8 Å². The summed E-state index contributed by atoms with van der Waals surface area (Å²) in [4.78, 5) is 16.1. The van der Waals surface area contributed by atoms with E-state index in [1.54, 1.807) is 12.1 Å². The third-order valence-corrected chi connectivity index (χ3v) is 3.09. The molecule has 1 aliphatic rings. The Kier molecular flexibility index (Phi) is 4.22. The normalized spacial score (nSPS) is 18.6. The Morgan fingerprint density at radius 1 is 1.61 bits per heavy atom. The van der Waals surface area contributed by atoms with Crippen LogP contribution in [0.3, 0.4) is 0 Å². The molecule has 2 heterocycles. The molecule has 3 N–H and O–H groups in total. The standard InChI is InChI=1S/C12H15N3O2S/c13-11(18)9-1-2-10(14-6-9)12(16)15-5-8-3-4-17-7-8/h1-2,6,8H,3-5,7H2,(H2,13,18)(H,15,16). The van der Waals surface area contributed by atoms with Crippen LogP contribution in [0.5, 0.6) is 0 Å². The second kappa shape index (κ2) is 5.88. The number of nitrogens with zero attached hydrogens (tertiary/aromatic N) is 1. The van der Waals surface area contributed by atoms with Gasteiger partial charge >= 0.3 is 0 Å². The van der Waals surface area contributed by atoms with Gasteiger partial charge in [0.25, 0.3) is 5.91 Å². The summed E-state index contributed by atoms with van der Waals surface area (Å²) >= 11 is 4.82. The van der Waals surface area contributed by atoms with Gasteiger partial charge in [-0.3, -0.25) is 9.78 Å². The van der Waals surface area contributed by atoms with E-state index in [1.165, 1.54) is 6.20 Å². The molecule has 5 nitrogen and oxygen atoms in total. The third-order valence-electron chi connectivity index (χ3n) is 2.86.